The van der Waals surface area contributed by atoms with Crippen LogP contribution in [0.3, 0.4) is 0 Å². The van der Waals surface area contributed by atoms with E-state index in [0.717, 1.165) is 19.5 Å². The van der Waals surface area contributed by atoms with Gasteiger partial charge in [0.25, 0.3) is 0 Å². The summed E-state index contributed by atoms with van der Waals surface area (Å²) in [5, 5.41) is 9.21. The third kappa shape index (κ3) is 2.36. The van der Waals surface area contributed by atoms with E-state index in [-0.39, 0.29) is 11.3 Å². The lowest BCUT2D eigenvalue weighted by Gasteiger charge is -2.43. The molecule has 1 aliphatic heterocycles. The van der Waals surface area contributed by atoms with Gasteiger partial charge < -0.3 is 4.90 Å². The minimum absolute atomic E-state index is 0.0726. The molecule has 1 aliphatic rings. The van der Waals surface area contributed by atoms with E-state index in [1.54, 1.807) is 0 Å². The Kier molecular flexibility index (Phi) is 3.34. The zero-order chi connectivity index (χ0) is 13.3. The summed E-state index contributed by atoms with van der Waals surface area (Å²) in [6.07, 6.45) is 0.969. The SMILES string of the molecule is Cc1ccc(C)c(N2CCC(C#N)C(C)(C)C2)c1. The van der Waals surface area contributed by atoms with Crippen LogP contribution in [0, 0.1) is 36.5 Å². The summed E-state index contributed by atoms with van der Waals surface area (Å²) < 4.78 is 0. The van der Waals surface area contributed by atoms with Crippen LogP contribution in [0.2, 0.25) is 0 Å². The Balaban J connectivity index is 2.27. The summed E-state index contributed by atoms with van der Waals surface area (Å²) in [5.74, 6) is 0.180. The summed E-state index contributed by atoms with van der Waals surface area (Å²) in [5.41, 5.74) is 4.03. The third-order valence-corrected chi connectivity index (χ3v) is 4.09. The van der Waals surface area contributed by atoms with Gasteiger partial charge in [-0.3, -0.25) is 0 Å². The third-order valence-electron chi connectivity index (χ3n) is 4.09. The summed E-state index contributed by atoms with van der Waals surface area (Å²) in [6.45, 7) is 10.7. The molecule has 1 fully saturated rings. The summed E-state index contributed by atoms with van der Waals surface area (Å²) in [4.78, 5) is 2.44. The lowest BCUT2D eigenvalue weighted by atomic mass is 9.74. The Hall–Kier alpha value is -1.49. The van der Waals surface area contributed by atoms with Crippen molar-refractivity contribution in [2.45, 2.75) is 34.1 Å². The number of aryl methyl sites for hydroxylation is 2. The lowest BCUT2D eigenvalue weighted by Crippen LogP contribution is -2.45. The van der Waals surface area contributed by atoms with Crippen molar-refractivity contribution in [2.24, 2.45) is 11.3 Å². The van der Waals surface area contributed by atoms with Crippen LogP contribution in [-0.2, 0) is 0 Å². The van der Waals surface area contributed by atoms with Crippen molar-refractivity contribution in [2.75, 3.05) is 18.0 Å². The number of hydrogen-bond acceptors (Lipinski definition) is 2. The van der Waals surface area contributed by atoms with E-state index in [9.17, 15) is 5.26 Å². The standard InChI is InChI=1S/C16H22N2/c1-12-5-6-13(2)15(9-12)18-8-7-14(10-17)16(3,4)11-18/h5-6,9,14H,7-8,11H2,1-4H3. The first-order chi connectivity index (χ1) is 8.44. The van der Waals surface area contributed by atoms with E-state index < -0.39 is 0 Å². The van der Waals surface area contributed by atoms with Gasteiger partial charge >= 0.3 is 0 Å². The van der Waals surface area contributed by atoms with Crippen LogP contribution in [0.25, 0.3) is 0 Å². The Bertz CT molecular complexity index is 482. The summed E-state index contributed by atoms with van der Waals surface area (Å²) >= 11 is 0. The molecule has 1 aromatic rings. The second kappa shape index (κ2) is 4.65. The average Bonchev–Trinajstić information content (AvgIpc) is 2.31. The van der Waals surface area contributed by atoms with Crippen LogP contribution in [-0.4, -0.2) is 13.1 Å². The molecule has 0 bridgehead atoms. The Labute approximate surface area is 110 Å². The normalized spacial score (nSPS) is 22.6. The molecule has 18 heavy (non-hydrogen) atoms. The second-order valence-electron chi connectivity index (χ2n) is 6.17. The molecule has 96 valence electrons. The van der Waals surface area contributed by atoms with E-state index in [1.165, 1.54) is 16.8 Å². The fourth-order valence-corrected chi connectivity index (χ4v) is 2.86. The van der Waals surface area contributed by atoms with Gasteiger partial charge in [-0.1, -0.05) is 26.0 Å². The number of hydrogen-bond donors (Lipinski definition) is 0. The monoisotopic (exact) mass is 242 g/mol. The molecule has 1 aromatic carbocycles. The maximum absolute atomic E-state index is 9.21. The molecule has 1 unspecified atom stereocenters. The fourth-order valence-electron chi connectivity index (χ4n) is 2.86. The fraction of sp³-hybridized carbons (Fsp3) is 0.562. The predicted molar refractivity (Wildman–Crippen MR) is 75.6 cm³/mol. The number of piperidine rings is 1. The van der Waals surface area contributed by atoms with Gasteiger partial charge in [0, 0.05) is 18.8 Å². The highest BCUT2D eigenvalue weighted by atomic mass is 15.1. The zero-order valence-corrected chi connectivity index (χ0v) is 11.8. The highest BCUT2D eigenvalue weighted by molar-refractivity contribution is 5.55. The maximum atomic E-state index is 9.21. The molecule has 2 nitrogen and oxygen atoms in total. The van der Waals surface area contributed by atoms with Crippen molar-refractivity contribution in [3.8, 4) is 6.07 Å². The van der Waals surface area contributed by atoms with Crippen LogP contribution >= 0.6 is 0 Å². The van der Waals surface area contributed by atoms with Crippen molar-refractivity contribution in [3.63, 3.8) is 0 Å². The minimum atomic E-state index is 0.0726. The number of benzene rings is 1. The van der Waals surface area contributed by atoms with Crippen molar-refractivity contribution in [1.82, 2.24) is 0 Å². The predicted octanol–water partition coefficient (Wildman–Crippen LogP) is 3.68. The first-order valence-corrected chi connectivity index (χ1v) is 6.66. The summed E-state index contributed by atoms with van der Waals surface area (Å²) in [6, 6.07) is 9.07. The number of nitriles is 1. The molecule has 0 aromatic heterocycles. The van der Waals surface area contributed by atoms with Crippen LogP contribution in [0.5, 0.6) is 0 Å². The molecular formula is C16H22N2. The van der Waals surface area contributed by atoms with Crippen molar-refractivity contribution in [3.05, 3.63) is 29.3 Å². The van der Waals surface area contributed by atoms with Crippen LogP contribution in [0.4, 0.5) is 5.69 Å². The molecule has 1 atom stereocenters. The average molecular weight is 242 g/mol. The van der Waals surface area contributed by atoms with Crippen molar-refractivity contribution < 1.29 is 0 Å². The quantitative estimate of drug-likeness (QED) is 0.751. The molecule has 2 rings (SSSR count). The molecule has 2 heteroatoms. The smallest absolute Gasteiger partial charge is 0.0662 e. The molecule has 1 saturated heterocycles. The molecular weight excluding hydrogens is 220 g/mol. The topological polar surface area (TPSA) is 27.0 Å². The Morgan fingerprint density at radius 3 is 2.67 bits per heavy atom. The van der Waals surface area contributed by atoms with Gasteiger partial charge in [-0.25, -0.2) is 0 Å². The van der Waals surface area contributed by atoms with E-state index in [4.69, 9.17) is 0 Å². The largest absolute Gasteiger partial charge is 0.371 e. The van der Waals surface area contributed by atoms with E-state index >= 15 is 0 Å². The number of nitrogens with zero attached hydrogens (tertiary/aromatic N) is 2. The lowest BCUT2D eigenvalue weighted by molar-refractivity contribution is 0.226. The molecule has 1 heterocycles. The highest BCUT2D eigenvalue weighted by Gasteiger charge is 2.36. The first-order valence-electron chi connectivity index (χ1n) is 6.66. The van der Waals surface area contributed by atoms with Crippen LogP contribution in [0.15, 0.2) is 18.2 Å². The van der Waals surface area contributed by atoms with Crippen LogP contribution < -0.4 is 4.90 Å². The van der Waals surface area contributed by atoms with Crippen molar-refractivity contribution >= 4 is 5.69 Å². The molecule has 0 aliphatic carbocycles. The second-order valence-corrected chi connectivity index (χ2v) is 6.17. The summed E-state index contributed by atoms with van der Waals surface area (Å²) in [7, 11) is 0. The molecule has 0 spiro atoms. The van der Waals surface area contributed by atoms with Gasteiger partial charge in [-0.2, -0.15) is 5.26 Å². The van der Waals surface area contributed by atoms with E-state index in [0.29, 0.717) is 0 Å². The van der Waals surface area contributed by atoms with E-state index in [2.05, 4.69) is 56.9 Å². The van der Waals surface area contributed by atoms with Gasteiger partial charge in [-0.15, -0.1) is 0 Å². The van der Waals surface area contributed by atoms with Gasteiger partial charge in [0.1, 0.15) is 0 Å². The van der Waals surface area contributed by atoms with Gasteiger partial charge in [0.05, 0.1) is 12.0 Å². The first kappa shape index (κ1) is 13.0. The maximum Gasteiger partial charge on any atom is 0.0662 e. The Morgan fingerprint density at radius 1 is 1.33 bits per heavy atom. The molecule has 0 saturated carbocycles. The van der Waals surface area contributed by atoms with Crippen LogP contribution in [0.1, 0.15) is 31.4 Å². The van der Waals surface area contributed by atoms with Gasteiger partial charge in [0.2, 0.25) is 0 Å². The minimum Gasteiger partial charge on any atom is -0.371 e. The van der Waals surface area contributed by atoms with Crippen molar-refractivity contribution in [1.29, 1.82) is 5.26 Å². The van der Waals surface area contributed by atoms with Gasteiger partial charge in [0.15, 0.2) is 0 Å². The number of anilines is 1. The molecule has 0 amide bonds. The highest BCUT2D eigenvalue weighted by Crippen LogP contribution is 2.37. The zero-order valence-electron chi connectivity index (χ0n) is 11.8. The Morgan fingerprint density at radius 2 is 2.06 bits per heavy atom. The van der Waals surface area contributed by atoms with Gasteiger partial charge in [-0.05, 0) is 42.9 Å². The van der Waals surface area contributed by atoms with E-state index in [1.807, 2.05) is 0 Å². The molecule has 0 N–H and O–H groups in total. The molecule has 0 radical (unpaired) electrons. The number of rotatable bonds is 1.